The number of hydrogen-bond donors (Lipinski definition) is 0. The number of nitrogens with zero attached hydrogens (tertiary/aromatic N) is 2. The summed E-state index contributed by atoms with van der Waals surface area (Å²) in [6.07, 6.45) is 0.884. The lowest BCUT2D eigenvalue weighted by Gasteiger charge is -2.07. The van der Waals surface area contributed by atoms with E-state index in [9.17, 15) is 13.2 Å². The highest BCUT2D eigenvalue weighted by Gasteiger charge is 2.13. The summed E-state index contributed by atoms with van der Waals surface area (Å²) in [5, 5.41) is 4.06. The first kappa shape index (κ1) is 13.3. The maximum absolute atomic E-state index is 11.7. The predicted molar refractivity (Wildman–Crippen MR) is 70.4 cm³/mol. The fraction of sp³-hybridized carbons (Fsp3) is 0.167. The van der Waals surface area contributed by atoms with Crippen LogP contribution in [0.4, 0.5) is 0 Å². The Kier molecular flexibility index (Phi) is 3.39. The molecular formula is C12H12N2O4S. The van der Waals surface area contributed by atoms with Crippen molar-refractivity contribution in [2.24, 2.45) is 7.05 Å². The fourth-order valence-corrected chi connectivity index (χ4v) is 2.00. The minimum absolute atomic E-state index is 0.265. The van der Waals surface area contributed by atoms with E-state index in [0.717, 1.165) is 16.5 Å². The Morgan fingerprint density at radius 3 is 2.42 bits per heavy atom. The molecule has 0 aliphatic carbocycles. The quantitative estimate of drug-likeness (QED) is 0.777. The van der Waals surface area contributed by atoms with E-state index in [0.29, 0.717) is 5.69 Å². The lowest BCUT2D eigenvalue weighted by atomic mass is 10.1. The zero-order valence-corrected chi connectivity index (χ0v) is 11.2. The maximum Gasteiger partial charge on any atom is 0.310 e. The van der Waals surface area contributed by atoms with Crippen molar-refractivity contribution in [3.8, 4) is 17.0 Å². The van der Waals surface area contributed by atoms with E-state index in [2.05, 4.69) is 9.28 Å². The topological polar surface area (TPSA) is 78.3 Å². The molecule has 0 spiro atoms. The molecule has 0 amide bonds. The van der Waals surface area contributed by atoms with Crippen LogP contribution in [0.5, 0.6) is 5.75 Å². The van der Waals surface area contributed by atoms with Crippen LogP contribution in [-0.2, 0) is 17.2 Å². The third kappa shape index (κ3) is 3.19. The predicted octanol–water partition coefficient (Wildman–Crippen LogP) is 0.786. The Balaban J connectivity index is 2.58. The van der Waals surface area contributed by atoms with Gasteiger partial charge in [-0.05, 0) is 0 Å². The van der Waals surface area contributed by atoms with Crippen LogP contribution in [-0.4, -0.2) is 24.5 Å². The molecule has 0 aliphatic heterocycles. The summed E-state index contributed by atoms with van der Waals surface area (Å²) in [7, 11) is -2.32. The third-order valence-electron chi connectivity index (χ3n) is 2.34. The van der Waals surface area contributed by atoms with Gasteiger partial charge < -0.3 is 4.18 Å². The molecule has 0 saturated carbocycles. The highest BCUT2D eigenvalue weighted by atomic mass is 32.2. The Morgan fingerprint density at radius 2 is 1.84 bits per heavy atom. The van der Waals surface area contributed by atoms with E-state index in [4.69, 9.17) is 0 Å². The highest BCUT2D eigenvalue weighted by Crippen LogP contribution is 2.18. The summed E-state index contributed by atoms with van der Waals surface area (Å²) in [6, 6.07) is 10.4. The molecule has 100 valence electrons. The second kappa shape index (κ2) is 4.85. The molecule has 0 radical (unpaired) electrons. The Labute approximate surface area is 110 Å². The van der Waals surface area contributed by atoms with Crippen LogP contribution in [0.3, 0.4) is 0 Å². The highest BCUT2D eigenvalue weighted by molar-refractivity contribution is 7.86. The Morgan fingerprint density at radius 1 is 1.21 bits per heavy atom. The molecule has 0 N–H and O–H groups in total. The molecule has 0 fully saturated rings. The summed E-state index contributed by atoms with van der Waals surface area (Å²) in [5.74, 6) is -0.265. The van der Waals surface area contributed by atoms with Gasteiger partial charge in [-0.1, -0.05) is 30.3 Å². The van der Waals surface area contributed by atoms with Crippen molar-refractivity contribution in [3.05, 3.63) is 46.8 Å². The van der Waals surface area contributed by atoms with Gasteiger partial charge in [-0.25, -0.2) is 4.68 Å². The molecule has 1 aromatic carbocycles. The first-order chi connectivity index (χ1) is 8.87. The molecule has 0 atom stereocenters. The monoisotopic (exact) mass is 280 g/mol. The van der Waals surface area contributed by atoms with Crippen LogP contribution in [0.15, 0.2) is 41.2 Å². The van der Waals surface area contributed by atoms with Gasteiger partial charge in [-0.3, -0.25) is 4.79 Å². The molecule has 19 heavy (non-hydrogen) atoms. The Hall–Kier alpha value is -2.15. The molecule has 1 heterocycles. The lowest BCUT2D eigenvalue weighted by Crippen LogP contribution is -2.23. The number of rotatable bonds is 3. The van der Waals surface area contributed by atoms with Crippen molar-refractivity contribution in [1.29, 1.82) is 0 Å². The molecule has 0 unspecified atom stereocenters. The zero-order chi connectivity index (χ0) is 14.0. The normalized spacial score (nSPS) is 11.3. The third-order valence-corrected chi connectivity index (χ3v) is 2.82. The largest absolute Gasteiger partial charge is 0.377 e. The maximum atomic E-state index is 11.7. The van der Waals surface area contributed by atoms with Gasteiger partial charge in [0.2, 0.25) is 5.75 Å². The fourth-order valence-electron chi connectivity index (χ4n) is 1.55. The van der Waals surface area contributed by atoms with E-state index in [1.165, 1.54) is 13.1 Å². The van der Waals surface area contributed by atoms with Crippen LogP contribution in [0.2, 0.25) is 0 Å². The van der Waals surface area contributed by atoms with Gasteiger partial charge in [0.1, 0.15) is 0 Å². The number of aromatic nitrogens is 2. The average Bonchev–Trinajstić information content (AvgIpc) is 2.34. The number of aryl methyl sites for hydroxylation is 1. The standard InChI is InChI=1S/C12H12N2O4S/c1-14-12(15)11(18-19(2,16)17)8-10(13-14)9-6-4-3-5-7-9/h3-8H,1-2H3. The second-order valence-electron chi connectivity index (χ2n) is 3.98. The van der Waals surface area contributed by atoms with Gasteiger partial charge in [0.25, 0.3) is 0 Å². The molecule has 2 aromatic rings. The minimum atomic E-state index is -3.76. The van der Waals surface area contributed by atoms with Crippen molar-refractivity contribution in [1.82, 2.24) is 9.78 Å². The zero-order valence-electron chi connectivity index (χ0n) is 10.4. The second-order valence-corrected chi connectivity index (χ2v) is 5.55. The van der Waals surface area contributed by atoms with Crippen LogP contribution < -0.4 is 9.74 Å². The van der Waals surface area contributed by atoms with Crippen molar-refractivity contribution < 1.29 is 12.6 Å². The SMILES string of the molecule is Cn1nc(-c2ccccc2)cc(OS(C)(=O)=O)c1=O. The van der Waals surface area contributed by atoms with Gasteiger partial charge in [0.15, 0.2) is 0 Å². The first-order valence-electron chi connectivity index (χ1n) is 5.40. The van der Waals surface area contributed by atoms with E-state index < -0.39 is 15.7 Å². The summed E-state index contributed by atoms with van der Waals surface area (Å²) in [6.45, 7) is 0. The van der Waals surface area contributed by atoms with E-state index in [-0.39, 0.29) is 5.75 Å². The Bertz CT molecular complexity index is 751. The smallest absolute Gasteiger partial charge is 0.310 e. The van der Waals surface area contributed by atoms with Crippen molar-refractivity contribution in [3.63, 3.8) is 0 Å². The number of hydrogen-bond acceptors (Lipinski definition) is 5. The van der Waals surface area contributed by atoms with Crippen LogP contribution in [0.25, 0.3) is 11.3 Å². The van der Waals surface area contributed by atoms with Gasteiger partial charge in [0, 0.05) is 18.7 Å². The van der Waals surface area contributed by atoms with Crippen molar-refractivity contribution in [2.75, 3.05) is 6.26 Å². The van der Waals surface area contributed by atoms with Gasteiger partial charge in [0.05, 0.1) is 11.9 Å². The van der Waals surface area contributed by atoms with E-state index in [1.54, 1.807) is 12.1 Å². The molecule has 2 rings (SSSR count). The summed E-state index contributed by atoms with van der Waals surface area (Å²) in [4.78, 5) is 11.7. The van der Waals surface area contributed by atoms with Crippen LogP contribution >= 0.6 is 0 Å². The van der Waals surface area contributed by atoms with Gasteiger partial charge >= 0.3 is 15.7 Å². The first-order valence-corrected chi connectivity index (χ1v) is 7.22. The molecule has 0 aliphatic rings. The van der Waals surface area contributed by atoms with Crippen molar-refractivity contribution >= 4 is 10.1 Å². The van der Waals surface area contributed by atoms with Crippen LogP contribution in [0.1, 0.15) is 0 Å². The lowest BCUT2D eigenvalue weighted by molar-refractivity contribution is 0.482. The van der Waals surface area contributed by atoms with Crippen molar-refractivity contribution in [2.45, 2.75) is 0 Å². The summed E-state index contributed by atoms with van der Waals surface area (Å²) < 4.78 is 28.0. The molecule has 0 saturated heterocycles. The van der Waals surface area contributed by atoms with E-state index in [1.807, 2.05) is 18.2 Å². The molecule has 1 aromatic heterocycles. The molecule has 7 heteroatoms. The molecule has 6 nitrogen and oxygen atoms in total. The summed E-state index contributed by atoms with van der Waals surface area (Å²) in [5.41, 5.74) is 0.614. The average molecular weight is 280 g/mol. The van der Waals surface area contributed by atoms with E-state index >= 15 is 0 Å². The molecular weight excluding hydrogens is 268 g/mol. The summed E-state index contributed by atoms with van der Waals surface area (Å²) >= 11 is 0. The minimum Gasteiger partial charge on any atom is -0.377 e. The van der Waals surface area contributed by atoms with Gasteiger partial charge in [-0.15, -0.1) is 0 Å². The van der Waals surface area contributed by atoms with Gasteiger partial charge in [-0.2, -0.15) is 13.5 Å². The molecule has 0 bridgehead atoms. The number of benzene rings is 1. The van der Waals surface area contributed by atoms with Crippen LogP contribution in [0, 0.1) is 0 Å².